The van der Waals surface area contributed by atoms with Crippen molar-refractivity contribution in [2.24, 2.45) is 0 Å². The number of nitrogens with one attached hydrogen (secondary N) is 1. The van der Waals surface area contributed by atoms with Gasteiger partial charge in [-0.05, 0) is 31.9 Å². The van der Waals surface area contributed by atoms with E-state index in [1.54, 1.807) is 0 Å². The van der Waals surface area contributed by atoms with Crippen molar-refractivity contribution in [3.05, 3.63) is 65.1 Å². The summed E-state index contributed by atoms with van der Waals surface area (Å²) in [5.41, 5.74) is 2.90. The highest BCUT2D eigenvalue weighted by atomic mass is 16.1. The van der Waals surface area contributed by atoms with Gasteiger partial charge in [-0.25, -0.2) is 9.97 Å². The number of nitrogens with zero attached hydrogens (tertiary/aromatic N) is 5. The van der Waals surface area contributed by atoms with Crippen molar-refractivity contribution in [1.29, 1.82) is 5.26 Å². The minimum atomic E-state index is -0.198. The molecule has 1 N–H and O–H groups in total. The van der Waals surface area contributed by atoms with Crippen LogP contribution in [0.25, 0.3) is 5.95 Å². The van der Waals surface area contributed by atoms with Gasteiger partial charge in [0.25, 0.3) is 5.95 Å². The fraction of sp³-hybridized carbons (Fsp3) is 0.211. The maximum atomic E-state index is 12.4. The van der Waals surface area contributed by atoms with Crippen LogP contribution < -0.4 is 5.32 Å². The number of nitriles is 1. The van der Waals surface area contributed by atoms with Crippen molar-refractivity contribution < 1.29 is 4.79 Å². The molecule has 0 spiro atoms. The molecule has 0 bridgehead atoms. The Morgan fingerprint density at radius 1 is 1.19 bits per heavy atom. The van der Waals surface area contributed by atoms with Crippen LogP contribution in [0.2, 0.25) is 0 Å². The Hall–Kier alpha value is -3.53. The number of hydrogen-bond acceptors (Lipinski definition) is 5. The Morgan fingerprint density at radius 2 is 1.88 bits per heavy atom. The van der Waals surface area contributed by atoms with Gasteiger partial charge in [-0.15, -0.1) is 0 Å². The molecular formula is C19H18N6O. The molecule has 1 amide bonds. The van der Waals surface area contributed by atoms with Gasteiger partial charge in [0.2, 0.25) is 5.91 Å². The van der Waals surface area contributed by atoms with Crippen molar-refractivity contribution in [1.82, 2.24) is 19.7 Å². The van der Waals surface area contributed by atoms with Crippen LogP contribution in [-0.4, -0.2) is 25.7 Å². The van der Waals surface area contributed by atoms with Gasteiger partial charge in [0.15, 0.2) is 5.82 Å². The zero-order valence-corrected chi connectivity index (χ0v) is 14.6. The van der Waals surface area contributed by atoms with E-state index in [1.165, 1.54) is 10.9 Å². The Labute approximate surface area is 151 Å². The van der Waals surface area contributed by atoms with Crippen LogP contribution in [0.15, 0.2) is 42.6 Å². The third-order valence-electron chi connectivity index (χ3n) is 3.79. The topological polar surface area (TPSA) is 96.5 Å². The van der Waals surface area contributed by atoms with Crippen LogP contribution in [0, 0.1) is 25.2 Å². The van der Waals surface area contributed by atoms with E-state index in [0.717, 1.165) is 17.0 Å². The lowest BCUT2D eigenvalue weighted by molar-refractivity contribution is -0.116. The van der Waals surface area contributed by atoms with Crippen molar-refractivity contribution >= 4 is 11.7 Å². The number of amides is 1. The predicted octanol–water partition coefficient (Wildman–Crippen LogP) is 2.72. The standard InChI is InChI=1S/C19H18N6O/c1-13-10-14(2)23-19(22-13)25-18(16(11-20)12-21-25)24-17(26)9-8-15-6-4-3-5-7-15/h3-7,10,12H,8-9H2,1-2H3,(H,24,26). The number of carbonyl (C=O) groups excluding carboxylic acids is 1. The number of rotatable bonds is 5. The molecule has 2 heterocycles. The first kappa shape index (κ1) is 17.3. The zero-order valence-electron chi connectivity index (χ0n) is 14.6. The van der Waals surface area contributed by atoms with Crippen LogP contribution in [0.3, 0.4) is 0 Å². The van der Waals surface area contributed by atoms with Crippen LogP contribution in [0.1, 0.15) is 28.9 Å². The summed E-state index contributed by atoms with van der Waals surface area (Å²) in [5, 5.41) is 16.3. The summed E-state index contributed by atoms with van der Waals surface area (Å²) < 4.78 is 1.39. The molecule has 3 aromatic rings. The van der Waals surface area contributed by atoms with Gasteiger partial charge in [-0.3, -0.25) is 4.79 Å². The van der Waals surface area contributed by atoms with Crippen molar-refractivity contribution in [3.8, 4) is 12.0 Å². The van der Waals surface area contributed by atoms with Crippen molar-refractivity contribution in [3.63, 3.8) is 0 Å². The number of aryl methyl sites for hydroxylation is 3. The second-order valence-corrected chi connectivity index (χ2v) is 5.91. The monoisotopic (exact) mass is 346 g/mol. The van der Waals surface area contributed by atoms with E-state index < -0.39 is 0 Å². The highest BCUT2D eigenvalue weighted by Crippen LogP contribution is 2.18. The summed E-state index contributed by atoms with van der Waals surface area (Å²) >= 11 is 0. The number of anilines is 1. The average Bonchev–Trinajstić information content (AvgIpc) is 3.02. The Balaban J connectivity index is 1.82. The minimum Gasteiger partial charge on any atom is -0.309 e. The largest absolute Gasteiger partial charge is 0.309 e. The summed E-state index contributed by atoms with van der Waals surface area (Å²) in [6.45, 7) is 3.70. The number of aromatic nitrogens is 4. The molecule has 0 fully saturated rings. The molecule has 0 aliphatic heterocycles. The van der Waals surface area contributed by atoms with Gasteiger partial charge in [-0.1, -0.05) is 30.3 Å². The van der Waals surface area contributed by atoms with Crippen LogP contribution in [-0.2, 0) is 11.2 Å². The lowest BCUT2D eigenvalue weighted by atomic mass is 10.1. The van der Waals surface area contributed by atoms with Crippen molar-refractivity contribution in [2.45, 2.75) is 26.7 Å². The molecule has 0 aliphatic rings. The van der Waals surface area contributed by atoms with E-state index in [4.69, 9.17) is 0 Å². The molecule has 26 heavy (non-hydrogen) atoms. The van der Waals surface area contributed by atoms with E-state index in [2.05, 4.69) is 20.4 Å². The van der Waals surface area contributed by atoms with E-state index in [9.17, 15) is 10.1 Å². The lowest BCUT2D eigenvalue weighted by Crippen LogP contribution is -2.17. The number of hydrogen-bond donors (Lipinski definition) is 1. The second kappa shape index (κ2) is 7.57. The molecular weight excluding hydrogens is 328 g/mol. The first-order valence-electron chi connectivity index (χ1n) is 8.21. The van der Waals surface area contributed by atoms with Crippen molar-refractivity contribution in [2.75, 3.05) is 5.32 Å². The molecule has 3 rings (SSSR count). The number of benzene rings is 1. The van der Waals surface area contributed by atoms with Gasteiger partial charge >= 0.3 is 0 Å². The third kappa shape index (κ3) is 3.92. The zero-order chi connectivity index (χ0) is 18.5. The average molecular weight is 346 g/mol. The number of carbonyl (C=O) groups is 1. The first-order chi connectivity index (χ1) is 12.6. The molecule has 2 aromatic heterocycles. The maximum absolute atomic E-state index is 12.4. The molecule has 0 aliphatic carbocycles. The van der Waals surface area contributed by atoms with Gasteiger partial charge in [0.05, 0.1) is 6.20 Å². The molecule has 1 aromatic carbocycles. The van der Waals surface area contributed by atoms with E-state index >= 15 is 0 Å². The summed E-state index contributed by atoms with van der Waals surface area (Å²) in [5.74, 6) is 0.411. The third-order valence-corrected chi connectivity index (χ3v) is 3.79. The van der Waals surface area contributed by atoms with E-state index in [-0.39, 0.29) is 17.3 Å². The predicted molar refractivity (Wildman–Crippen MR) is 96.7 cm³/mol. The Bertz CT molecular complexity index is 951. The smallest absolute Gasteiger partial charge is 0.252 e. The first-order valence-corrected chi connectivity index (χ1v) is 8.21. The summed E-state index contributed by atoms with van der Waals surface area (Å²) in [6, 6.07) is 13.6. The van der Waals surface area contributed by atoms with E-state index in [1.807, 2.05) is 56.3 Å². The second-order valence-electron chi connectivity index (χ2n) is 5.91. The molecule has 0 unspecified atom stereocenters. The normalized spacial score (nSPS) is 10.3. The molecule has 0 atom stereocenters. The molecule has 0 saturated heterocycles. The summed E-state index contributed by atoms with van der Waals surface area (Å²) in [7, 11) is 0. The van der Waals surface area contributed by atoms with Gasteiger partial charge < -0.3 is 5.32 Å². The maximum Gasteiger partial charge on any atom is 0.252 e. The molecule has 0 radical (unpaired) electrons. The van der Waals surface area contributed by atoms with E-state index in [0.29, 0.717) is 18.8 Å². The molecule has 7 nitrogen and oxygen atoms in total. The quantitative estimate of drug-likeness (QED) is 0.766. The summed E-state index contributed by atoms with van der Waals surface area (Å²) in [6.07, 6.45) is 2.31. The Morgan fingerprint density at radius 3 is 2.54 bits per heavy atom. The highest BCUT2D eigenvalue weighted by molar-refractivity contribution is 5.91. The van der Waals surface area contributed by atoms with Crippen LogP contribution in [0.4, 0.5) is 5.82 Å². The molecule has 7 heteroatoms. The van der Waals surface area contributed by atoms with Crippen LogP contribution >= 0.6 is 0 Å². The molecule has 0 saturated carbocycles. The van der Waals surface area contributed by atoms with Gasteiger partial charge in [0, 0.05) is 17.8 Å². The van der Waals surface area contributed by atoms with Gasteiger partial charge in [-0.2, -0.15) is 15.0 Å². The lowest BCUT2D eigenvalue weighted by Gasteiger charge is -2.09. The SMILES string of the molecule is Cc1cc(C)nc(-n2ncc(C#N)c2NC(=O)CCc2ccccc2)n1. The summed E-state index contributed by atoms with van der Waals surface area (Å²) in [4.78, 5) is 21.1. The molecule has 130 valence electrons. The minimum absolute atomic E-state index is 0.198. The van der Waals surface area contributed by atoms with Crippen LogP contribution in [0.5, 0.6) is 0 Å². The highest BCUT2D eigenvalue weighted by Gasteiger charge is 2.17. The fourth-order valence-corrected chi connectivity index (χ4v) is 2.60. The fourth-order valence-electron chi connectivity index (χ4n) is 2.60. The van der Waals surface area contributed by atoms with Gasteiger partial charge in [0.1, 0.15) is 11.6 Å². The Kier molecular flexibility index (Phi) is 5.04.